The Kier molecular flexibility index (Phi) is 8.25. The third-order valence-electron chi connectivity index (χ3n) is 4.36. The van der Waals surface area contributed by atoms with Crippen LogP contribution in [0.1, 0.15) is 35.3 Å². The fourth-order valence-corrected chi connectivity index (χ4v) is 3.79. The molecule has 5 nitrogen and oxygen atoms in total. The lowest BCUT2D eigenvalue weighted by Crippen LogP contribution is -2.35. The van der Waals surface area contributed by atoms with E-state index in [0.29, 0.717) is 12.5 Å². The van der Waals surface area contributed by atoms with E-state index in [1.54, 1.807) is 11.3 Å². The van der Waals surface area contributed by atoms with Gasteiger partial charge < -0.3 is 15.5 Å². The number of aliphatic imine (C=N–C) groups is 1. The van der Waals surface area contributed by atoms with Crippen LogP contribution in [0.2, 0.25) is 0 Å². The number of guanidine groups is 1. The van der Waals surface area contributed by atoms with E-state index in [0.717, 1.165) is 37.6 Å². The van der Waals surface area contributed by atoms with Crippen LogP contribution in [-0.2, 0) is 6.42 Å². The lowest BCUT2D eigenvalue weighted by molar-refractivity contribution is 0.219. The van der Waals surface area contributed by atoms with Crippen LogP contribution in [-0.4, -0.2) is 37.0 Å². The van der Waals surface area contributed by atoms with Gasteiger partial charge in [-0.1, -0.05) is 6.07 Å². The Morgan fingerprint density at radius 3 is 2.80 bits per heavy atom. The number of thiophene rings is 1. The highest BCUT2D eigenvalue weighted by atomic mass is 127. The van der Waals surface area contributed by atoms with E-state index in [1.807, 2.05) is 13.0 Å². The topological polar surface area (TPSA) is 66.8 Å². The molecule has 1 fully saturated rings. The molecule has 0 aliphatic carbocycles. The zero-order valence-electron chi connectivity index (χ0n) is 14.6. The van der Waals surface area contributed by atoms with Gasteiger partial charge in [-0.2, -0.15) is 0 Å². The molecule has 0 saturated carbocycles. The van der Waals surface area contributed by atoms with E-state index in [1.165, 1.54) is 17.7 Å². The summed E-state index contributed by atoms with van der Waals surface area (Å²) in [5.41, 5.74) is 6.04. The zero-order chi connectivity index (χ0) is 16.8. The minimum atomic E-state index is 0. The van der Waals surface area contributed by atoms with Crippen molar-refractivity contribution in [2.75, 3.05) is 26.2 Å². The van der Waals surface area contributed by atoms with Crippen molar-refractivity contribution < 1.29 is 4.42 Å². The molecular weight excluding hydrogens is 447 g/mol. The van der Waals surface area contributed by atoms with E-state index >= 15 is 0 Å². The summed E-state index contributed by atoms with van der Waals surface area (Å²) in [5.74, 6) is 2.45. The molecule has 1 aliphatic rings. The Labute approximate surface area is 170 Å². The van der Waals surface area contributed by atoms with Crippen molar-refractivity contribution in [3.05, 3.63) is 46.0 Å². The number of aryl methyl sites for hydroxylation is 1. The van der Waals surface area contributed by atoms with Gasteiger partial charge in [0, 0.05) is 11.4 Å². The molecule has 25 heavy (non-hydrogen) atoms. The van der Waals surface area contributed by atoms with Crippen LogP contribution in [0.4, 0.5) is 0 Å². The molecule has 7 heteroatoms. The molecule has 3 rings (SSSR count). The first-order valence-corrected chi connectivity index (χ1v) is 9.47. The predicted octanol–water partition coefficient (Wildman–Crippen LogP) is 3.55. The van der Waals surface area contributed by atoms with E-state index < -0.39 is 0 Å². The van der Waals surface area contributed by atoms with Crippen molar-refractivity contribution in [1.82, 2.24) is 10.2 Å². The van der Waals surface area contributed by atoms with Gasteiger partial charge in [-0.25, -0.2) is 0 Å². The van der Waals surface area contributed by atoms with Crippen molar-refractivity contribution in [3.63, 3.8) is 0 Å². The van der Waals surface area contributed by atoms with Crippen LogP contribution >= 0.6 is 35.3 Å². The number of rotatable bonds is 7. The number of halogens is 1. The Balaban J connectivity index is 0.00000225. The SMILES string of the molecule is Cc1ccc(C(CN=C(N)NCCc2cccs2)N2CCCC2)o1.I. The van der Waals surface area contributed by atoms with Crippen molar-refractivity contribution in [2.45, 2.75) is 32.2 Å². The molecule has 2 aromatic rings. The molecule has 2 aromatic heterocycles. The molecule has 1 atom stereocenters. The first-order valence-electron chi connectivity index (χ1n) is 8.59. The van der Waals surface area contributed by atoms with E-state index in [9.17, 15) is 0 Å². The number of likely N-dealkylation sites (tertiary alicyclic amines) is 1. The number of hydrogen-bond acceptors (Lipinski definition) is 4. The predicted molar refractivity (Wildman–Crippen MR) is 115 cm³/mol. The summed E-state index contributed by atoms with van der Waals surface area (Å²) in [5, 5.41) is 5.30. The summed E-state index contributed by atoms with van der Waals surface area (Å²) >= 11 is 1.77. The molecule has 0 bridgehead atoms. The van der Waals surface area contributed by atoms with Crippen LogP contribution in [0.5, 0.6) is 0 Å². The van der Waals surface area contributed by atoms with Gasteiger partial charge in [0.2, 0.25) is 0 Å². The van der Waals surface area contributed by atoms with Crippen LogP contribution in [0, 0.1) is 6.92 Å². The highest BCUT2D eigenvalue weighted by Gasteiger charge is 2.25. The molecule has 3 N–H and O–H groups in total. The highest BCUT2D eigenvalue weighted by Crippen LogP contribution is 2.26. The molecule has 0 spiro atoms. The summed E-state index contributed by atoms with van der Waals surface area (Å²) in [4.78, 5) is 8.36. The monoisotopic (exact) mass is 474 g/mol. The normalized spacial score (nSPS) is 16.6. The molecule has 1 aliphatic heterocycles. The number of nitrogens with one attached hydrogen (secondary N) is 1. The summed E-state index contributed by atoms with van der Waals surface area (Å²) < 4.78 is 5.85. The van der Waals surface area contributed by atoms with Crippen LogP contribution in [0.25, 0.3) is 0 Å². The van der Waals surface area contributed by atoms with Gasteiger partial charge in [-0.3, -0.25) is 9.89 Å². The standard InChI is InChI=1S/C18H26N4OS.HI/c1-14-6-7-17(23-14)16(22-10-2-3-11-22)13-21-18(19)20-9-8-15-5-4-12-24-15;/h4-7,12,16H,2-3,8-11,13H2,1H3,(H3,19,20,21);1H. The molecule has 3 heterocycles. The van der Waals surface area contributed by atoms with Gasteiger partial charge in [-0.15, -0.1) is 35.3 Å². The summed E-state index contributed by atoms with van der Waals surface area (Å²) in [7, 11) is 0. The lowest BCUT2D eigenvalue weighted by atomic mass is 10.2. The second-order valence-electron chi connectivity index (χ2n) is 6.19. The lowest BCUT2D eigenvalue weighted by Gasteiger charge is -2.24. The largest absolute Gasteiger partial charge is 0.465 e. The maximum absolute atomic E-state index is 6.04. The highest BCUT2D eigenvalue weighted by molar-refractivity contribution is 14.0. The number of nitrogens with two attached hydrogens (primary N) is 1. The fourth-order valence-electron chi connectivity index (χ4n) is 3.08. The van der Waals surface area contributed by atoms with Crippen LogP contribution < -0.4 is 11.1 Å². The van der Waals surface area contributed by atoms with Crippen molar-refractivity contribution in [2.24, 2.45) is 10.7 Å². The van der Waals surface area contributed by atoms with Crippen molar-refractivity contribution in [3.8, 4) is 0 Å². The Morgan fingerprint density at radius 2 is 2.16 bits per heavy atom. The maximum atomic E-state index is 6.04. The first-order chi connectivity index (χ1) is 11.7. The minimum Gasteiger partial charge on any atom is -0.465 e. The van der Waals surface area contributed by atoms with Crippen molar-refractivity contribution >= 4 is 41.3 Å². The van der Waals surface area contributed by atoms with E-state index in [-0.39, 0.29) is 30.0 Å². The second kappa shape index (κ2) is 10.2. The molecule has 1 unspecified atom stereocenters. The number of hydrogen-bond donors (Lipinski definition) is 2. The van der Waals surface area contributed by atoms with Gasteiger partial charge in [0.15, 0.2) is 5.96 Å². The Bertz CT molecular complexity index is 650. The Morgan fingerprint density at radius 1 is 1.36 bits per heavy atom. The average molecular weight is 474 g/mol. The average Bonchev–Trinajstić information content (AvgIpc) is 3.30. The third-order valence-corrected chi connectivity index (χ3v) is 5.30. The van der Waals surface area contributed by atoms with Gasteiger partial charge in [-0.05, 0) is 62.9 Å². The molecular formula is C18H27IN4OS. The molecule has 1 saturated heterocycles. The van der Waals surface area contributed by atoms with Gasteiger partial charge >= 0.3 is 0 Å². The fraction of sp³-hybridized carbons (Fsp3) is 0.500. The summed E-state index contributed by atoms with van der Waals surface area (Å²) in [6.07, 6.45) is 3.46. The van der Waals surface area contributed by atoms with Gasteiger partial charge in [0.05, 0.1) is 12.6 Å². The number of furan rings is 1. The maximum Gasteiger partial charge on any atom is 0.188 e. The van der Waals surface area contributed by atoms with E-state index in [4.69, 9.17) is 10.2 Å². The van der Waals surface area contributed by atoms with Crippen LogP contribution in [0.3, 0.4) is 0 Å². The summed E-state index contributed by atoms with van der Waals surface area (Å²) in [6, 6.07) is 8.48. The van der Waals surface area contributed by atoms with Crippen LogP contribution in [0.15, 0.2) is 39.1 Å². The smallest absolute Gasteiger partial charge is 0.188 e. The molecule has 0 aromatic carbocycles. The third kappa shape index (κ3) is 6.00. The second-order valence-corrected chi connectivity index (χ2v) is 7.22. The molecule has 138 valence electrons. The van der Waals surface area contributed by atoms with E-state index in [2.05, 4.69) is 38.8 Å². The zero-order valence-corrected chi connectivity index (χ0v) is 17.8. The van der Waals surface area contributed by atoms with Crippen molar-refractivity contribution in [1.29, 1.82) is 0 Å². The first kappa shape index (κ1) is 20.3. The minimum absolute atomic E-state index is 0. The van der Waals surface area contributed by atoms with Gasteiger partial charge in [0.25, 0.3) is 0 Å². The van der Waals surface area contributed by atoms with Gasteiger partial charge in [0.1, 0.15) is 11.5 Å². The number of nitrogens with zero attached hydrogens (tertiary/aromatic N) is 2. The quantitative estimate of drug-likeness (QED) is 0.366. The molecule has 0 radical (unpaired) electrons. The Hall–Kier alpha value is -1.06. The molecule has 0 amide bonds. The summed E-state index contributed by atoms with van der Waals surface area (Å²) in [6.45, 7) is 5.63.